The summed E-state index contributed by atoms with van der Waals surface area (Å²) in [5.41, 5.74) is 5.45. The Kier molecular flexibility index (Phi) is 8.82. The van der Waals surface area contributed by atoms with Gasteiger partial charge in [0.05, 0.1) is 13.2 Å². The van der Waals surface area contributed by atoms with Crippen LogP contribution in [0.25, 0.3) is 0 Å². The summed E-state index contributed by atoms with van der Waals surface area (Å²) in [6.07, 6.45) is 4.88. The smallest absolute Gasteiger partial charge is 0.220 e. The van der Waals surface area contributed by atoms with Crippen LogP contribution in [0.1, 0.15) is 46.0 Å². The average molecular weight is 285 g/mol. The van der Waals surface area contributed by atoms with E-state index < -0.39 is 0 Å². The topological polar surface area (TPSA) is 67.6 Å². The molecule has 1 saturated heterocycles. The predicted molar refractivity (Wildman–Crippen MR) is 81.6 cm³/mol. The van der Waals surface area contributed by atoms with Gasteiger partial charge in [-0.25, -0.2) is 0 Å². The third kappa shape index (κ3) is 6.68. The van der Waals surface area contributed by atoms with Gasteiger partial charge in [0.25, 0.3) is 0 Å². The molecule has 3 N–H and O–H groups in total. The molecule has 0 aromatic heterocycles. The minimum Gasteiger partial charge on any atom is -0.379 e. The predicted octanol–water partition coefficient (Wildman–Crippen LogP) is 1.12. The van der Waals surface area contributed by atoms with Crippen molar-refractivity contribution in [1.82, 2.24) is 10.2 Å². The third-order valence-corrected chi connectivity index (χ3v) is 4.09. The summed E-state index contributed by atoms with van der Waals surface area (Å²) in [5, 5.41) is 3.12. The van der Waals surface area contributed by atoms with Crippen LogP contribution in [0.3, 0.4) is 0 Å². The maximum Gasteiger partial charge on any atom is 0.220 e. The van der Waals surface area contributed by atoms with E-state index in [1.54, 1.807) is 0 Å². The molecule has 0 spiro atoms. The lowest BCUT2D eigenvalue weighted by Crippen LogP contribution is -2.52. The van der Waals surface area contributed by atoms with Crippen LogP contribution in [0, 0.1) is 0 Å². The average Bonchev–Trinajstić information content (AvgIpc) is 2.47. The van der Waals surface area contributed by atoms with Gasteiger partial charge in [0, 0.05) is 31.6 Å². The Balaban J connectivity index is 2.16. The van der Waals surface area contributed by atoms with Crippen molar-refractivity contribution in [3.63, 3.8) is 0 Å². The molecule has 2 atom stereocenters. The van der Waals surface area contributed by atoms with Crippen LogP contribution >= 0.6 is 0 Å². The second-order valence-electron chi connectivity index (χ2n) is 5.70. The first-order valence-electron chi connectivity index (χ1n) is 7.96. The molecule has 20 heavy (non-hydrogen) atoms. The molecule has 118 valence electrons. The summed E-state index contributed by atoms with van der Waals surface area (Å²) in [4.78, 5) is 14.3. The fraction of sp³-hybridized carbons (Fsp3) is 0.933. The molecule has 0 bridgehead atoms. The summed E-state index contributed by atoms with van der Waals surface area (Å²) in [7, 11) is 0. The maximum atomic E-state index is 11.9. The van der Waals surface area contributed by atoms with Gasteiger partial charge in [0.1, 0.15) is 0 Å². The number of rotatable bonds is 9. The summed E-state index contributed by atoms with van der Waals surface area (Å²) in [5.74, 6) is 0.172. The minimum absolute atomic E-state index is 0.172. The number of nitrogens with one attached hydrogen (secondary N) is 1. The van der Waals surface area contributed by atoms with Gasteiger partial charge in [-0.1, -0.05) is 12.8 Å². The normalized spacial score (nSPS) is 19.6. The molecule has 2 unspecified atom stereocenters. The van der Waals surface area contributed by atoms with E-state index in [2.05, 4.69) is 24.1 Å². The Morgan fingerprint density at radius 3 is 2.50 bits per heavy atom. The molecule has 1 aliphatic rings. The van der Waals surface area contributed by atoms with E-state index in [-0.39, 0.29) is 11.9 Å². The molecule has 0 aliphatic carbocycles. The van der Waals surface area contributed by atoms with Crippen LogP contribution < -0.4 is 11.1 Å². The first-order valence-corrected chi connectivity index (χ1v) is 7.96. The molecule has 1 fully saturated rings. The van der Waals surface area contributed by atoms with Gasteiger partial charge in [0.2, 0.25) is 5.91 Å². The fourth-order valence-electron chi connectivity index (χ4n) is 2.53. The highest BCUT2D eigenvalue weighted by Gasteiger charge is 2.22. The summed E-state index contributed by atoms with van der Waals surface area (Å²) >= 11 is 0. The molecule has 0 aromatic rings. The highest BCUT2D eigenvalue weighted by atomic mass is 16.5. The van der Waals surface area contributed by atoms with Crippen LogP contribution in [0.5, 0.6) is 0 Å². The Labute approximate surface area is 123 Å². The zero-order chi connectivity index (χ0) is 14.8. The van der Waals surface area contributed by atoms with Crippen molar-refractivity contribution in [3.8, 4) is 0 Å². The second-order valence-corrected chi connectivity index (χ2v) is 5.70. The first kappa shape index (κ1) is 17.4. The maximum absolute atomic E-state index is 11.9. The number of morpholine rings is 1. The van der Waals surface area contributed by atoms with Crippen LogP contribution in [-0.4, -0.2) is 55.7 Å². The number of hydrogen-bond donors (Lipinski definition) is 2. The van der Waals surface area contributed by atoms with Crippen molar-refractivity contribution in [2.75, 3.05) is 32.8 Å². The van der Waals surface area contributed by atoms with Crippen molar-refractivity contribution in [2.45, 2.75) is 58.0 Å². The van der Waals surface area contributed by atoms with E-state index in [1.807, 2.05) is 0 Å². The van der Waals surface area contributed by atoms with Crippen molar-refractivity contribution >= 4 is 5.91 Å². The van der Waals surface area contributed by atoms with E-state index in [4.69, 9.17) is 10.5 Å². The molecule has 0 radical (unpaired) electrons. The van der Waals surface area contributed by atoms with E-state index in [1.165, 1.54) is 0 Å². The van der Waals surface area contributed by atoms with Gasteiger partial charge in [0.15, 0.2) is 0 Å². The Morgan fingerprint density at radius 1 is 1.20 bits per heavy atom. The standard InChI is InChI=1S/C15H31N3O2/c1-13(14(2)18-9-11-20-12-10-18)17-15(19)7-5-3-4-6-8-16/h13-14H,3-12,16H2,1-2H3,(H,17,19). The van der Waals surface area contributed by atoms with E-state index in [9.17, 15) is 4.79 Å². The Bertz CT molecular complexity index is 268. The summed E-state index contributed by atoms with van der Waals surface area (Å²) in [6.45, 7) is 8.53. The molecule has 1 aliphatic heterocycles. The van der Waals surface area contributed by atoms with Gasteiger partial charge in [-0.15, -0.1) is 0 Å². The third-order valence-electron chi connectivity index (χ3n) is 4.09. The highest BCUT2D eigenvalue weighted by Crippen LogP contribution is 2.08. The summed E-state index contributed by atoms with van der Waals surface area (Å²) < 4.78 is 5.36. The summed E-state index contributed by atoms with van der Waals surface area (Å²) in [6, 6.07) is 0.546. The zero-order valence-electron chi connectivity index (χ0n) is 13.1. The monoisotopic (exact) mass is 285 g/mol. The number of unbranched alkanes of at least 4 members (excludes halogenated alkanes) is 3. The lowest BCUT2D eigenvalue weighted by molar-refractivity contribution is -0.122. The lowest BCUT2D eigenvalue weighted by atomic mass is 10.1. The number of carbonyl (C=O) groups excluding carboxylic acids is 1. The van der Waals surface area contributed by atoms with Crippen LogP contribution in [-0.2, 0) is 9.53 Å². The number of nitrogens with two attached hydrogens (primary N) is 1. The largest absolute Gasteiger partial charge is 0.379 e. The van der Waals surface area contributed by atoms with Gasteiger partial charge in [-0.3, -0.25) is 9.69 Å². The molecule has 5 heteroatoms. The molecule has 0 saturated carbocycles. The van der Waals surface area contributed by atoms with Crippen LogP contribution in [0.4, 0.5) is 0 Å². The molecule has 1 amide bonds. The number of carbonyl (C=O) groups is 1. The zero-order valence-corrected chi connectivity index (χ0v) is 13.1. The Morgan fingerprint density at radius 2 is 1.85 bits per heavy atom. The van der Waals surface area contributed by atoms with Gasteiger partial charge < -0.3 is 15.8 Å². The molecule has 5 nitrogen and oxygen atoms in total. The van der Waals surface area contributed by atoms with Crippen LogP contribution in [0.2, 0.25) is 0 Å². The molecule has 1 heterocycles. The SMILES string of the molecule is CC(NC(=O)CCCCCCN)C(C)N1CCOCC1. The number of nitrogens with zero attached hydrogens (tertiary/aromatic N) is 1. The first-order chi connectivity index (χ1) is 9.65. The quantitative estimate of drug-likeness (QED) is 0.623. The van der Waals surface area contributed by atoms with Gasteiger partial charge >= 0.3 is 0 Å². The van der Waals surface area contributed by atoms with Crippen LogP contribution in [0.15, 0.2) is 0 Å². The Hall–Kier alpha value is -0.650. The second kappa shape index (κ2) is 10.1. The molecule has 0 aromatic carbocycles. The van der Waals surface area contributed by atoms with Crippen molar-refractivity contribution in [3.05, 3.63) is 0 Å². The highest BCUT2D eigenvalue weighted by molar-refractivity contribution is 5.76. The molecular weight excluding hydrogens is 254 g/mol. The molecule has 1 rings (SSSR count). The molecular formula is C15H31N3O2. The van der Waals surface area contributed by atoms with Gasteiger partial charge in [-0.05, 0) is 33.2 Å². The lowest BCUT2D eigenvalue weighted by Gasteiger charge is -2.35. The van der Waals surface area contributed by atoms with E-state index in [0.29, 0.717) is 12.5 Å². The van der Waals surface area contributed by atoms with Crippen molar-refractivity contribution in [1.29, 1.82) is 0 Å². The number of ether oxygens (including phenoxy) is 1. The van der Waals surface area contributed by atoms with E-state index >= 15 is 0 Å². The minimum atomic E-state index is 0.172. The number of hydrogen-bond acceptors (Lipinski definition) is 4. The fourth-order valence-corrected chi connectivity index (χ4v) is 2.53. The number of amides is 1. The van der Waals surface area contributed by atoms with Gasteiger partial charge in [-0.2, -0.15) is 0 Å². The van der Waals surface area contributed by atoms with E-state index in [0.717, 1.165) is 58.5 Å². The van der Waals surface area contributed by atoms with Crippen molar-refractivity contribution < 1.29 is 9.53 Å². The van der Waals surface area contributed by atoms with Crippen molar-refractivity contribution in [2.24, 2.45) is 5.73 Å².